The summed E-state index contributed by atoms with van der Waals surface area (Å²) in [7, 11) is 1.69. The Balaban J connectivity index is 2.26. The molecular weight excluding hydrogens is 256 g/mol. The van der Waals surface area contributed by atoms with Crippen LogP contribution in [-0.4, -0.2) is 43.0 Å². The van der Waals surface area contributed by atoms with Crippen molar-refractivity contribution in [2.45, 2.75) is 12.1 Å². The van der Waals surface area contributed by atoms with Crippen molar-refractivity contribution in [2.24, 2.45) is 0 Å². The van der Waals surface area contributed by atoms with E-state index in [1.807, 2.05) is 30.3 Å². The number of carbonyl (C=O) groups is 2. The smallest absolute Gasteiger partial charge is 0.251 e. The zero-order chi connectivity index (χ0) is 14.5. The Bertz CT molecular complexity index is 501. The van der Waals surface area contributed by atoms with Crippen LogP contribution in [-0.2, 0) is 14.3 Å². The number of rotatable bonds is 4. The van der Waals surface area contributed by atoms with Crippen LogP contribution in [0.4, 0.5) is 0 Å². The predicted octanol–water partition coefficient (Wildman–Crippen LogP) is 0.887. The van der Waals surface area contributed by atoms with Gasteiger partial charge < -0.3 is 15.0 Å². The maximum Gasteiger partial charge on any atom is 0.251 e. The molecule has 2 atom stereocenters. The molecule has 1 N–H and O–H groups in total. The number of benzene rings is 1. The molecule has 0 bridgehead atoms. The molecule has 1 aliphatic rings. The van der Waals surface area contributed by atoms with Crippen LogP contribution < -0.4 is 5.32 Å². The number of morpholine rings is 1. The second-order valence-corrected chi connectivity index (χ2v) is 4.63. The number of hydrogen-bond donors (Lipinski definition) is 1. The topological polar surface area (TPSA) is 58.6 Å². The molecule has 0 saturated carbocycles. The average molecular weight is 274 g/mol. The first-order chi connectivity index (χ1) is 9.65. The number of hydrogen-bond acceptors (Lipinski definition) is 3. The van der Waals surface area contributed by atoms with E-state index in [0.717, 1.165) is 5.56 Å². The third kappa shape index (κ3) is 2.88. The second-order valence-electron chi connectivity index (χ2n) is 4.63. The van der Waals surface area contributed by atoms with Crippen LogP contribution in [0.3, 0.4) is 0 Å². The van der Waals surface area contributed by atoms with Crippen LogP contribution in [0.2, 0.25) is 0 Å². The lowest BCUT2D eigenvalue weighted by atomic mass is 9.97. The summed E-state index contributed by atoms with van der Waals surface area (Å²) in [6.45, 7) is 3.86. The van der Waals surface area contributed by atoms with E-state index in [1.54, 1.807) is 18.0 Å². The van der Waals surface area contributed by atoms with Crippen LogP contribution >= 0.6 is 0 Å². The summed E-state index contributed by atoms with van der Waals surface area (Å²) in [4.78, 5) is 25.6. The molecule has 5 heteroatoms. The Morgan fingerprint density at radius 3 is 2.85 bits per heavy atom. The summed E-state index contributed by atoms with van der Waals surface area (Å²) in [6.07, 6.45) is 0.896. The second kappa shape index (κ2) is 6.34. The lowest BCUT2D eigenvalue weighted by molar-refractivity contribution is -0.162. The van der Waals surface area contributed by atoms with Gasteiger partial charge in [0, 0.05) is 13.6 Å². The summed E-state index contributed by atoms with van der Waals surface area (Å²) < 4.78 is 5.45. The van der Waals surface area contributed by atoms with Gasteiger partial charge in [0.05, 0.1) is 6.04 Å². The molecule has 1 heterocycles. The van der Waals surface area contributed by atoms with Gasteiger partial charge in [0.2, 0.25) is 5.91 Å². The Kier molecular flexibility index (Phi) is 4.53. The van der Waals surface area contributed by atoms with Gasteiger partial charge in [0.15, 0.2) is 6.10 Å². The lowest BCUT2D eigenvalue weighted by Crippen LogP contribution is -2.53. The van der Waals surface area contributed by atoms with Crippen molar-refractivity contribution in [3.05, 3.63) is 48.6 Å². The molecule has 2 rings (SSSR count). The molecule has 106 valence electrons. The third-order valence-electron chi connectivity index (χ3n) is 3.30. The van der Waals surface area contributed by atoms with Crippen molar-refractivity contribution in [1.29, 1.82) is 0 Å². The highest BCUT2D eigenvalue weighted by Gasteiger charge is 2.39. The molecule has 0 unspecified atom stereocenters. The van der Waals surface area contributed by atoms with Crippen molar-refractivity contribution in [1.82, 2.24) is 10.2 Å². The van der Waals surface area contributed by atoms with Gasteiger partial charge in [0.1, 0.15) is 6.61 Å². The van der Waals surface area contributed by atoms with E-state index in [9.17, 15) is 9.59 Å². The zero-order valence-corrected chi connectivity index (χ0v) is 11.4. The van der Waals surface area contributed by atoms with E-state index in [2.05, 4.69) is 11.9 Å². The average Bonchev–Trinajstić information content (AvgIpc) is 2.48. The van der Waals surface area contributed by atoms with Gasteiger partial charge in [-0.1, -0.05) is 36.4 Å². The SMILES string of the molecule is C=CCNC(=O)[C@H]1OCC(=O)N(C)[C@H]1c1ccccc1. The molecule has 1 fully saturated rings. The third-order valence-corrected chi connectivity index (χ3v) is 3.30. The summed E-state index contributed by atoms with van der Waals surface area (Å²) >= 11 is 0. The molecule has 0 spiro atoms. The van der Waals surface area contributed by atoms with Gasteiger partial charge in [-0.15, -0.1) is 6.58 Å². The van der Waals surface area contributed by atoms with Gasteiger partial charge in [0.25, 0.3) is 5.91 Å². The van der Waals surface area contributed by atoms with E-state index in [0.29, 0.717) is 6.54 Å². The maximum absolute atomic E-state index is 12.2. The van der Waals surface area contributed by atoms with E-state index in [-0.39, 0.29) is 18.4 Å². The van der Waals surface area contributed by atoms with Crippen LogP contribution in [0.15, 0.2) is 43.0 Å². The van der Waals surface area contributed by atoms with E-state index >= 15 is 0 Å². The summed E-state index contributed by atoms with van der Waals surface area (Å²) in [5.41, 5.74) is 0.877. The number of likely N-dealkylation sites (N-methyl/N-ethyl adjacent to an activating group) is 1. The number of amides is 2. The van der Waals surface area contributed by atoms with Crippen LogP contribution in [0.25, 0.3) is 0 Å². The number of nitrogens with one attached hydrogen (secondary N) is 1. The highest BCUT2D eigenvalue weighted by molar-refractivity contribution is 5.86. The molecule has 0 aliphatic carbocycles. The molecule has 1 aromatic rings. The maximum atomic E-state index is 12.2. The van der Waals surface area contributed by atoms with Gasteiger partial charge in [-0.25, -0.2) is 0 Å². The fourth-order valence-electron chi connectivity index (χ4n) is 2.25. The summed E-state index contributed by atoms with van der Waals surface area (Å²) in [5.74, 6) is -0.371. The molecule has 0 radical (unpaired) electrons. The van der Waals surface area contributed by atoms with E-state index < -0.39 is 12.1 Å². The Labute approximate surface area is 118 Å². The van der Waals surface area contributed by atoms with Crippen molar-refractivity contribution < 1.29 is 14.3 Å². The fourth-order valence-corrected chi connectivity index (χ4v) is 2.25. The Morgan fingerprint density at radius 2 is 2.20 bits per heavy atom. The number of carbonyl (C=O) groups excluding carboxylic acids is 2. The molecule has 2 amide bonds. The van der Waals surface area contributed by atoms with Crippen molar-refractivity contribution in [2.75, 3.05) is 20.2 Å². The summed E-state index contributed by atoms with van der Waals surface area (Å²) in [5, 5.41) is 2.72. The predicted molar refractivity (Wildman–Crippen MR) is 74.9 cm³/mol. The highest BCUT2D eigenvalue weighted by atomic mass is 16.5. The molecule has 1 saturated heterocycles. The molecule has 5 nitrogen and oxygen atoms in total. The van der Waals surface area contributed by atoms with Crippen molar-refractivity contribution in [3.8, 4) is 0 Å². The molecule has 1 aliphatic heterocycles. The number of ether oxygens (including phenoxy) is 1. The van der Waals surface area contributed by atoms with Crippen molar-refractivity contribution in [3.63, 3.8) is 0 Å². The van der Waals surface area contributed by atoms with Crippen LogP contribution in [0.1, 0.15) is 11.6 Å². The largest absolute Gasteiger partial charge is 0.356 e. The van der Waals surface area contributed by atoms with Crippen molar-refractivity contribution >= 4 is 11.8 Å². The molecular formula is C15H18N2O3. The minimum atomic E-state index is -0.708. The number of nitrogens with zero attached hydrogens (tertiary/aromatic N) is 1. The standard InChI is InChI=1S/C15H18N2O3/c1-3-9-16-15(19)14-13(11-7-5-4-6-8-11)17(2)12(18)10-20-14/h3-8,13-14H,1,9-10H2,2H3,(H,16,19)/t13-,14-/m0/s1. The molecule has 20 heavy (non-hydrogen) atoms. The van der Waals surface area contributed by atoms with E-state index in [1.165, 1.54) is 0 Å². The first-order valence-electron chi connectivity index (χ1n) is 6.46. The first-order valence-corrected chi connectivity index (χ1v) is 6.46. The molecule has 0 aromatic heterocycles. The summed E-state index contributed by atoms with van der Waals surface area (Å²) in [6, 6.07) is 9.00. The van der Waals surface area contributed by atoms with Crippen LogP contribution in [0, 0.1) is 0 Å². The monoisotopic (exact) mass is 274 g/mol. The van der Waals surface area contributed by atoms with Gasteiger partial charge >= 0.3 is 0 Å². The normalized spacial score (nSPS) is 22.4. The van der Waals surface area contributed by atoms with Gasteiger partial charge in [-0.05, 0) is 5.56 Å². The first kappa shape index (κ1) is 14.3. The van der Waals surface area contributed by atoms with Gasteiger partial charge in [-0.2, -0.15) is 0 Å². The quantitative estimate of drug-likeness (QED) is 0.829. The Hall–Kier alpha value is -2.14. The minimum Gasteiger partial charge on any atom is -0.356 e. The van der Waals surface area contributed by atoms with E-state index in [4.69, 9.17) is 4.74 Å². The minimum absolute atomic E-state index is 0.0774. The lowest BCUT2D eigenvalue weighted by Gasteiger charge is -2.38. The highest BCUT2D eigenvalue weighted by Crippen LogP contribution is 2.28. The van der Waals surface area contributed by atoms with Crippen LogP contribution in [0.5, 0.6) is 0 Å². The zero-order valence-electron chi connectivity index (χ0n) is 11.4. The fraction of sp³-hybridized carbons (Fsp3) is 0.333. The molecule has 1 aromatic carbocycles. The Morgan fingerprint density at radius 1 is 1.50 bits per heavy atom. The van der Waals surface area contributed by atoms with Gasteiger partial charge in [-0.3, -0.25) is 9.59 Å².